The van der Waals surface area contributed by atoms with Crippen LogP contribution in [0.2, 0.25) is 0 Å². The first kappa shape index (κ1) is 15.6. The quantitative estimate of drug-likeness (QED) is 0.603. The van der Waals surface area contributed by atoms with E-state index in [1.165, 1.54) is 27.3 Å². The maximum Gasteiger partial charge on any atom is 0.296 e. The number of hydrogen-bond donors (Lipinski definition) is 0. The summed E-state index contributed by atoms with van der Waals surface area (Å²) < 4.78 is 32.9. The number of nitro benzene ring substituents is 1. The Labute approximate surface area is 132 Å². The lowest BCUT2D eigenvalue weighted by molar-refractivity contribution is -0.384. The fourth-order valence-electron chi connectivity index (χ4n) is 2.35. The number of benzene rings is 1. The molecule has 10 heteroatoms. The van der Waals surface area contributed by atoms with Gasteiger partial charge in [-0.05, 0) is 18.2 Å². The Bertz CT molecular complexity index is 813. The molecule has 0 spiro atoms. The molecule has 0 bridgehead atoms. The molecule has 122 valence electrons. The highest BCUT2D eigenvalue weighted by atomic mass is 32.2. The predicted octanol–water partition coefficient (Wildman–Crippen LogP) is 0.801. The van der Waals surface area contributed by atoms with E-state index in [0.29, 0.717) is 13.2 Å². The molecule has 1 aliphatic heterocycles. The first-order valence-corrected chi connectivity index (χ1v) is 8.30. The predicted molar refractivity (Wildman–Crippen MR) is 79.8 cm³/mol. The molecular weight excluding hydrogens is 324 g/mol. The van der Waals surface area contributed by atoms with Gasteiger partial charge in [-0.2, -0.15) is 9.40 Å². The third-order valence-corrected chi connectivity index (χ3v) is 5.40. The van der Waals surface area contributed by atoms with Crippen molar-refractivity contribution in [3.05, 3.63) is 46.8 Å². The minimum Gasteiger partial charge on any atom is -0.379 e. The van der Waals surface area contributed by atoms with Gasteiger partial charge in [0.25, 0.3) is 5.69 Å². The third-order valence-electron chi connectivity index (χ3n) is 3.50. The molecule has 23 heavy (non-hydrogen) atoms. The molecular formula is C13H14N4O5S. The molecule has 0 aliphatic carbocycles. The number of morpholine rings is 1. The van der Waals surface area contributed by atoms with E-state index in [-0.39, 0.29) is 29.4 Å². The van der Waals surface area contributed by atoms with Crippen LogP contribution in [0.25, 0.3) is 5.69 Å². The molecule has 0 N–H and O–H groups in total. The van der Waals surface area contributed by atoms with Crippen molar-refractivity contribution in [2.24, 2.45) is 0 Å². The SMILES string of the molecule is O=[N+]([O-])c1cc(S(=O)(=O)N2CCOCC2)ccc1-n1cccn1. The Kier molecular flexibility index (Phi) is 4.11. The standard InChI is InChI=1S/C13H14N4O5S/c18-17(19)13-10-11(2-3-12(13)16-5-1-4-14-16)23(20,21)15-6-8-22-9-7-15/h1-5,10H,6-9H2. The second kappa shape index (κ2) is 6.07. The molecule has 3 rings (SSSR count). The number of hydrogen-bond acceptors (Lipinski definition) is 6. The molecule has 0 radical (unpaired) electrons. The smallest absolute Gasteiger partial charge is 0.296 e. The normalized spacial score (nSPS) is 16.3. The lowest BCUT2D eigenvalue weighted by Crippen LogP contribution is -2.40. The zero-order valence-corrected chi connectivity index (χ0v) is 12.8. The number of sulfonamides is 1. The lowest BCUT2D eigenvalue weighted by Gasteiger charge is -2.26. The Morgan fingerprint density at radius 3 is 2.61 bits per heavy atom. The molecule has 2 heterocycles. The van der Waals surface area contributed by atoms with Gasteiger partial charge in [-0.3, -0.25) is 10.1 Å². The van der Waals surface area contributed by atoms with E-state index >= 15 is 0 Å². The van der Waals surface area contributed by atoms with Crippen molar-refractivity contribution in [1.82, 2.24) is 14.1 Å². The van der Waals surface area contributed by atoms with Gasteiger partial charge >= 0.3 is 0 Å². The van der Waals surface area contributed by atoms with E-state index in [1.54, 1.807) is 12.3 Å². The Balaban J connectivity index is 2.04. The lowest BCUT2D eigenvalue weighted by atomic mass is 10.2. The number of aromatic nitrogens is 2. The third kappa shape index (κ3) is 2.96. The van der Waals surface area contributed by atoms with Gasteiger partial charge in [0, 0.05) is 31.5 Å². The summed E-state index contributed by atoms with van der Waals surface area (Å²) in [6, 6.07) is 5.44. The van der Waals surface area contributed by atoms with Crippen LogP contribution in [-0.4, -0.2) is 53.7 Å². The molecule has 1 aromatic carbocycles. The van der Waals surface area contributed by atoms with Crippen LogP contribution >= 0.6 is 0 Å². The first-order chi connectivity index (χ1) is 11.0. The highest BCUT2D eigenvalue weighted by Crippen LogP contribution is 2.27. The fraction of sp³-hybridized carbons (Fsp3) is 0.308. The number of ether oxygens (including phenoxy) is 1. The van der Waals surface area contributed by atoms with Crippen molar-refractivity contribution in [1.29, 1.82) is 0 Å². The highest BCUT2D eigenvalue weighted by molar-refractivity contribution is 7.89. The van der Waals surface area contributed by atoms with Crippen LogP contribution in [0, 0.1) is 10.1 Å². The first-order valence-electron chi connectivity index (χ1n) is 6.86. The topological polar surface area (TPSA) is 108 Å². The van der Waals surface area contributed by atoms with Crippen molar-refractivity contribution in [3.8, 4) is 5.69 Å². The molecule has 1 fully saturated rings. The molecule has 0 saturated carbocycles. The van der Waals surface area contributed by atoms with Crippen LogP contribution in [0.3, 0.4) is 0 Å². The van der Waals surface area contributed by atoms with Gasteiger partial charge in [0.1, 0.15) is 5.69 Å². The van der Waals surface area contributed by atoms with Crippen LogP contribution in [0.1, 0.15) is 0 Å². The maximum atomic E-state index is 12.6. The van der Waals surface area contributed by atoms with Crippen molar-refractivity contribution >= 4 is 15.7 Å². The van der Waals surface area contributed by atoms with Crippen LogP contribution in [0.4, 0.5) is 5.69 Å². The second-order valence-corrected chi connectivity index (χ2v) is 6.81. The average Bonchev–Trinajstić information content (AvgIpc) is 3.09. The summed E-state index contributed by atoms with van der Waals surface area (Å²) in [7, 11) is -3.78. The maximum absolute atomic E-state index is 12.6. The van der Waals surface area contributed by atoms with Gasteiger partial charge in [-0.1, -0.05) is 0 Å². The summed E-state index contributed by atoms with van der Waals surface area (Å²) in [6.07, 6.45) is 3.04. The van der Waals surface area contributed by atoms with E-state index in [2.05, 4.69) is 5.10 Å². The van der Waals surface area contributed by atoms with Crippen LogP contribution in [0.5, 0.6) is 0 Å². The van der Waals surface area contributed by atoms with Gasteiger partial charge in [-0.25, -0.2) is 13.1 Å². The number of rotatable bonds is 4. The van der Waals surface area contributed by atoms with Gasteiger partial charge in [-0.15, -0.1) is 0 Å². The van der Waals surface area contributed by atoms with Gasteiger partial charge in [0.2, 0.25) is 10.0 Å². The highest BCUT2D eigenvalue weighted by Gasteiger charge is 2.29. The molecule has 1 aromatic heterocycles. The van der Waals surface area contributed by atoms with E-state index < -0.39 is 14.9 Å². The molecule has 0 amide bonds. The molecule has 0 atom stereocenters. The molecule has 9 nitrogen and oxygen atoms in total. The van der Waals surface area contributed by atoms with Gasteiger partial charge in [0.05, 0.1) is 23.0 Å². The number of nitrogens with zero attached hydrogens (tertiary/aromatic N) is 4. The van der Waals surface area contributed by atoms with Crippen molar-refractivity contribution < 1.29 is 18.1 Å². The largest absolute Gasteiger partial charge is 0.379 e. The second-order valence-electron chi connectivity index (χ2n) is 4.87. The average molecular weight is 338 g/mol. The van der Waals surface area contributed by atoms with E-state index in [1.807, 2.05) is 0 Å². The summed E-state index contributed by atoms with van der Waals surface area (Å²) in [5, 5.41) is 15.3. The molecule has 1 saturated heterocycles. The van der Waals surface area contributed by atoms with Crippen molar-refractivity contribution in [2.75, 3.05) is 26.3 Å². The Morgan fingerprint density at radius 2 is 2.00 bits per heavy atom. The van der Waals surface area contributed by atoms with Crippen molar-refractivity contribution in [3.63, 3.8) is 0 Å². The van der Waals surface area contributed by atoms with E-state index in [4.69, 9.17) is 4.74 Å². The summed E-state index contributed by atoms with van der Waals surface area (Å²) in [5.41, 5.74) is -0.107. The van der Waals surface area contributed by atoms with Crippen LogP contribution in [-0.2, 0) is 14.8 Å². The van der Waals surface area contributed by atoms with Crippen LogP contribution in [0.15, 0.2) is 41.6 Å². The Hall–Kier alpha value is -2.30. The minimum atomic E-state index is -3.78. The zero-order chi connectivity index (χ0) is 16.4. The summed E-state index contributed by atoms with van der Waals surface area (Å²) in [4.78, 5) is 10.6. The fourth-order valence-corrected chi connectivity index (χ4v) is 3.78. The summed E-state index contributed by atoms with van der Waals surface area (Å²) in [6.45, 7) is 1.09. The van der Waals surface area contributed by atoms with Gasteiger partial charge < -0.3 is 4.74 Å². The molecule has 0 unspecified atom stereocenters. The summed E-state index contributed by atoms with van der Waals surface area (Å²) in [5.74, 6) is 0. The number of nitro groups is 1. The van der Waals surface area contributed by atoms with E-state index in [0.717, 1.165) is 6.07 Å². The molecule has 2 aromatic rings. The molecule has 1 aliphatic rings. The van der Waals surface area contributed by atoms with Gasteiger partial charge in [0.15, 0.2) is 0 Å². The zero-order valence-electron chi connectivity index (χ0n) is 12.0. The minimum absolute atomic E-state index is 0.109. The van der Waals surface area contributed by atoms with E-state index in [9.17, 15) is 18.5 Å². The van der Waals surface area contributed by atoms with Crippen molar-refractivity contribution in [2.45, 2.75) is 4.90 Å². The summed E-state index contributed by atoms with van der Waals surface area (Å²) >= 11 is 0. The van der Waals surface area contributed by atoms with Crippen LogP contribution < -0.4 is 0 Å². The Morgan fingerprint density at radius 1 is 1.26 bits per heavy atom. The monoisotopic (exact) mass is 338 g/mol.